The van der Waals surface area contributed by atoms with Gasteiger partial charge in [0.05, 0.1) is 11.5 Å². The molecule has 0 aliphatic rings. The number of hydrogen-bond donors (Lipinski definition) is 2. The third kappa shape index (κ3) is 5.04. The summed E-state index contributed by atoms with van der Waals surface area (Å²) in [7, 11) is 1.46. The Morgan fingerprint density at radius 2 is 1.94 bits per heavy atom. The second-order valence-electron chi connectivity index (χ2n) is 4.32. The third-order valence-corrected chi connectivity index (χ3v) is 2.31. The van der Waals surface area contributed by atoms with Gasteiger partial charge >= 0.3 is 6.18 Å². The lowest BCUT2D eigenvalue weighted by molar-refractivity contribution is -0.157. The highest BCUT2D eigenvalue weighted by atomic mass is 19.4. The Hall–Kier alpha value is -1.29. The molecule has 1 atom stereocenters. The summed E-state index contributed by atoms with van der Waals surface area (Å²) in [4.78, 5) is 11.3. The largest absolute Gasteiger partial charge is 0.405 e. The fourth-order valence-corrected chi connectivity index (χ4v) is 1.18. The van der Waals surface area contributed by atoms with E-state index in [0.29, 0.717) is 0 Å². The van der Waals surface area contributed by atoms with Crippen LogP contribution in [0.5, 0.6) is 0 Å². The molecular formula is C10H16F3N3O. The van der Waals surface area contributed by atoms with E-state index in [1.54, 1.807) is 13.8 Å². The maximum Gasteiger partial charge on any atom is 0.405 e. The standard InChI is InChI=1S/C10H16F3N3O/c1-9(2,8(17)15-3)6-16-5-7(4-14)10(11,12)13/h7,16H,5-6H2,1-3H3,(H,15,17). The number of nitriles is 1. The van der Waals surface area contributed by atoms with Crippen molar-refractivity contribution in [2.75, 3.05) is 20.1 Å². The zero-order valence-electron chi connectivity index (χ0n) is 9.98. The highest BCUT2D eigenvalue weighted by Crippen LogP contribution is 2.25. The van der Waals surface area contributed by atoms with Crippen LogP contribution >= 0.6 is 0 Å². The van der Waals surface area contributed by atoms with Gasteiger partial charge in [-0.3, -0.25) is 4.79 Å². The lowest BCUT2D eigenvalue weighted by atomic mass is 9.92. The molecule has 1 amide bonds. The minimum Gasteiger partial charge on any atom is -0.359 e. The highest BCUT2D eigenvalue weighted by Gasteiger charge is 2.40. The summed E-state index contributed by atoms with van der Waals surface area (Å²) >= 11 is 0. The minimum atomic E-state index is -4.54. The van der Waals surface area contributed by atoms with E-state index in [1.807, 2.05) is 0 Å². The van der Waals surface area contributed by atoms with E-state index in [0.717, 1.165) is 0 Å². The summed E-state index contributed by atoms with van der Waals surface area (Å²) in [5, 5.41) is 13.3. The van der Waals surface area contributed by atoms with Crippen LogP contribution in [0.2, 0.25) is 0 Å². The van der Waals surface area contributed by atoms with Crippen molar-refractivity contribution in [3.8, 4) is 6.07 Å². The lowest BCUT2D eigenvalue weighted by Gasteiger charge is -2.24. The first-order chi connectivity index (χ1) is 7.65. The third-order valence-electron chi connectivity index (χ3n) is 2.31. The van der Waals surface area contributed by atoms with E-state index in [4.69, 9.17) is 5.26 Å². The van der Waals surface area contributed by atoms with Crippen molar-refractivity contribution in [3.63, 3.8) is 0 Å². The van der Waals surface area contributed by atoms with Gasteiger partial charge in [-0.15, -0.1) is 0 Å². The number of carbonyl (C=O) groups is 1. The molecule has 1 unspecified atom stereocenters. The number of alkyl halides is 3. The van der Waals surface area contributed by atoms with Crippen LogP contribution in [0.1, 0.15) is 13.8 Å². The molecule has 0 spiro atoms. The zero-order chi connectivity index (χ0) is 13.7. The molecule has 4 nitrogen and oxygen atoms in total. The topological polar surface area (TPSA) is 64.9 Å². The number of nitrogens with zero attached hydrogens (tertiary/aromatic N) is 1. The SMILES string of the molecule is CNC(=O)C(C)(C)CNCC(C#N)C(F)(F)F. The van der Waals surface area contributed by atoms with Crippen LogP contribution in [0.3, 0.4) is 0 Å². The van der Waals surface area contributed by atoms with Crippen molar-refractivity contribution in [1.82, 2.24) is 10.6 Å². The van der Waals surface area contributed by atoms with Crippen LogP contribution in [0.4, 0.5) is 13.2 Å². The molecule has 0 saturated carbocycles. The first kappa shape index (κ1) is 15.7. The molecule has 0 bridgehead atoms. The molecule has 0 rings (SSSR count). The Morgan fingerprint density at radius 3 is 2.29 bits per heavy atom. The van der Waals surface area contributed by atoms with Gasteiger partial charge in [-0.1, -0.05) is 0 Å². The fourth-order valence-electron chi connectivity index (χ4n) is 1.18. The van der Waals surface area contributed by atoms with Gasteiger partial charge < -0.3 is 10.6 Å². The van der Waals surface area contributed by atoms with Crippen molar-refractivity contribution >= 4 is 5.91 Å². The number of amides is 1. The Kier molecular flexibility index (Phi) is 5.42. The predicted octanol–water partition coefficient (Wildman–Crippen LogP) is 1.05. The molecule has 0 aromatic rings. The highest BCUT2D eigenvalue weighted by molar-refractivity contribution is 5.81. The number of nitrogens with one attached hydrogen (secondary N) is 2. The number of hydrogen-bond acceptors (Lipinski definition) is 3. The van der Waals surface area contributed by atoms with E-state index in [9.17, 15) is 18.0 Å². The van der Waals surface area contributed by atoms with Gasteiger partial charge in [0.25, 0.3) is 0 Å². The summed E-state index contributed by atoms with van der Waals surface area (Å²) < 4.78 is 36.7. The molecule has 0 saturated heterocycles. The second kappa shape index (κ2) is 5.87. The molecule has 2 N–H and O–H groups in total. The van der Waals surface area contributed by atoms with Gasteiger partial charge in [-0.25, -0.2) is 0 Å². The molecule has 0 aromatic heterocycles. The van der Waals surface area contributed by atoms with Crippen molar-refractivity contribution in [2.24, 2.45) is 11.3 Å². The summed E-state index contributed by atoms with van der Waals surface area (Å²) in [6, 6.07) is 1.18. The summed E-state index contributed by atoms with van der Waals surface area (Å²) in [6.07, 6.45) is -4.54. The second-order valence-corrected chi connectivity index (χ2v) is 4.32. The van der Waals surface area contributed by atoms with Gasteiger partial charge in [0.15, 0.2) is 5.92 Å². The first-order valence-electron chi connectivity index (χ1n) is 5.04. The van der Waals surface area contributed by atoms with E-state index in [2.05, 4.69) is 10.6 Å². The molecule has 0 aromatic carbocycles. The van der Waals surface area contributed by atoms with Crippen molar-refractivity contribution in [2.45, 2.75) is 20.0 Å². The number of halogens is 3. The summed E-state index contributed by atoms with van der Waals surface area (Å²) in [5.41, 5.74) is -0.819. The van der Waals surface area contributed by atoms with Gasteiger partial charge in [-0.05, 0) is 13.8 Å². The predicted molar refractivity (Wildman–Crippen MR) is 55.9 cm³/mol. The summed E-state index contributed by atoms with van der Waals surface area (Å²) in [6.45, 7) is 2.77. The van der Waals surface area contributed by atoms with Crippen LogP contribution in [0.15, 0.2) is 0 Å². The monoisotopic (exact) mass is 251 g/mol. The lowest BCUT2D eigenvalue weighted by Crippen LogP contribution is -2.44. The van der Waals surface area contributed by atoms with Gasteiger partial charge in [0.2, 0.25) is 5.91 Å². The van der Waals surface area contributed by atoms with E-state index >= 15 is 0 Å². The number of rotatable bonds is 5. The maximum absolute atomic E-state index is 12.2. The molecule has 0 aliphatic heterocycles. The quantitative estimate of drug-likeness (QED) is 0.767. The van der Waals surface area contributed by atoms with Gasteiger partial charge in [0.1, 0.15) is 0 Å². The van der Waals surface area contributed by atoms with Crippen LogP contribution < -0.4 is 10.6 Å². The molecule has 98 valence electrons. The van der Waals surface area contributed by atoms with Gasteiger partial charge in [-0.2, -0.15) is 18.4 Å². The van der Waals surface area contributed by atoms with Crippen LogP contribution in [0, 0.1) is 22.7 Å². The Balaban J connectivity index is 4.24. The Labute approximate surface area is 98.2 Å². The molecule has 0 aliphatic carbocycles. The maximum atomic E-state index is 12.2. The molecule has 0 fully saturated rings. The van der Waals surface area contributed by atoms with Crippen LogP contribution in [-0.4, -0.2) is 32.2 Å². The summed E-state index contributed by atoms with van der Waals surface area (Å²) in [5.74, 6) is -2.33. The fraction of sp³-hybridized carbons (Fsp3) is 0.800. The average molecular weight is 251 g/mol. The molecule has 0 heterocycles. The zero-order valence-corrected chi connectivity index (χ0v) is 9.98. The normalized spacial score (nSPS) is 13.9. The van der Waals surface area contributed by atoms with Crippen LogP contribution in [-0.2, 0) is 4.79 Å². The molecule has 17 heavy (non-hydrogen) atoms. The smallest absolute Gasteiger partial charge is 0.359 e. The molecule has 7 heteroatoms. The Bertz CT molecular complexity index is 307. The van der Waals surface area contributed by atoms with Crippen molar-refractivity contribution < 1.29 is 18.0 Å². The van der Waals surface area contributed by atoms with Gasteiger partial charge in [0, 0.05) is 20.1 Å². The van der Waals surface area contributed by atoms with E-state index in [-0.39, 0.29) is 12.5 Å². The van der Waals surface area contributed by atoms with E-state index in [1.165, 1.54) is 13.1 Å². The minimum absolute atomic E-state index is 0.0704. The van der Waals surface area contributed by atoms with Crippen LogP contribution in [0.25, 0.3) is 0 Å². The van der Waals surface area contributed by atoms with Crippen molar-refractivity contribution in [1.29, 1.82) is 5.26 Å². The first-order valence-corrected chi connectivity index (χ1v) is 5.04. The number of carbonyl (C=O) groups excluding carboxylic acids is 1. The average Bonchev–Trinajstić information content (AvgIpc) is 2.21. The van der Waals surface area contributed by atoms with Crippen molar-refractivity contribution in [3.05, 3.63) is 0 Å². The Morgan fingerprint density at radius 1 is 1.41 bits per heavy atom. The molecule has 0 radical (unpaired) electrons. The molecular weight excluding hydrogens is 235 g/mol. The van der Waals surface area contributed by atoms with E-state index < -0.39 is 24.1 Å².